The lowest BCUT2D eigenvalue weighted by Gasteiger charge is -2.28. The number of thiophene rings is 1. The van der Waals surface area contributed by atoms with Crippen LogP contribution in [0.15, 0.2) is 17.5 Å². The highest BCUT2D eigenvalue weighted by Crippen LogP contribution is 2.33. The third-order valence-electron chi connectivity index (χ3n) is 2.86. The molecule has 0 unspecified atom stereocenters. The quantitative estimate of drug-likeness (QED) is 0.824. The Bertz CT molecular complexity index is 488. The molecule has 5 heteroatoms. The average Bonchev–Trinajstić information content (AvgIpc) is 2.83. The third kappa shape index (κ3) is 1.51. The summed E-state index contributed by atoms with van der Waals surface area (Å²) in [6.07, 6.45) is 1.07. The SMILES string of the molecule is Cc1nc2n(n1)[C@@H](c1cccs1)C[C@@H](C)N2. The zero-order valence-corrected chi connectivity index (χ0v) is 10.2. The Morgan fingerprint density at radius 1 is 1.56 bits per heavy atom. The first-order chi connectivity index (χ1) is 7.74. The number of nitrogens with zero attached hydrogens (tertiary/aromatic N) is 3. The largest absolute Gasteiger partial charge is 0.352 e. The van der Waals surface area contributed by atoms with Crippen molar-refractivity contribution >= 4 is 17.3 Å². The number of hydrogen-bond acceptors (Lipinski definition) is 4. The van der Waals surface area contributed by atoms with Crippen LogP contribution in [-0.4, -0.2) is 20.8 Å². The minimum Gasteiger partial charge on any atom is -0.352 e. The predicted octanol–water partition coefficient (Wildman–Crippen LogP) is 2.44. The van der Waals surface area contributed by atoms with Gasteiger partial charge >= 0.3 is 0 Å². The van der Waals surface area contributed by atoms with Crippen molar-refractivity contribution in [2.45, 2.75) is 32.4 Å². The molecule has 0 aliphatic carbocycles. The third-order valence-corrected chi connectivity index (χ3v) is 3.83. The lowest BCUT2D eigenvalue weighted by molar-refractivity contribution is 0.442. The molecule has 0 saturated carbocycles. The van der Waals surface area contributed by atoms with Crippen molar-refractivity contribution in [3.63, 3.8) is 0 Å². The fraction of sp³-hybridized carbons (Fsp3) is 0.455. The average molecular weight is 234 g/mol. The number of aromatic nitrogens is 3. The molecule has 0 amide bonds. The summed E-state index contributed by atoms with van der Waals surface area (Å²) in [7, 11) is 0. The van der Waals surface area contributed by atoms with Crippen LogP contribution in [-0.2, 0) is 0 Å². The maximum Gasteiger partial charge on any atom is 0.222 e. The van der Waals surface area contributed by atoms with Gasteiger partial charge in [-0.25, -0.2) is 4.68 Å². The van der Waals surface area contributed by atoms with Crippen LogP contribution in [0.5, 0.6) is 0 Å². The molecule has 2 atom stereocenters. The highest BCUT2D eigenvalue weighted by Gasteiger charge is 2.27. The van der Waals surface area contributed by atoms with Gasteiger partial charge in [0.25, 0.3) is 0 Å². The Balaban J connectivity index is 2.06. The highest BCUT2D eigenvalue weighted by molar-refractivity contribution is 7.10. The van der Waals surface area contributed by atoms with E-state index >= 15 is 0 Å². The molecule has 1 aliphatic rings. The maximum absolute atomic E-state index is 4.47. The van der Waals surface area contributed by atoms with Crippen LogP contribution in [0.25, 0.3) is 0 Å². The van der Waals surface area contributed by atoms with Gasteiger partial charge in [0.1, 0.15) is 5.82 Å². The van der Waals surface area contributed by atoms with Crippen LogP contribution >= 0.6 is 11.3 Å². The van der Waals surface area contributed by atoms with Gasteiger partial charge in [-0.1, -0.05) is 6.07 Å². The van der Waals surface area contributed by atoms with Crippen molar-refractivity contribution in [2.24, 2.45) is 0 Å². The van der Waals surface area contributed by atoms with E-state index in [-0.39, 0.29) is 0 Å². The van der Waals surface area contributed by atoms with Crippen molar-refractivity contribution in [1.82, 2.24) is 14.8 Å². The number of rotatable bonds is 1. The smallest absolute Gasteiger partial charge is 0.222 e. The molecule has 0 spiro atoms. The van der Waals surface area contributed by atoms with Gasteiger partial charge in [-0.05, 0) is 31.7 Å². The van der Waals surface area contributed by atoms with E-state index in [0.717, 1.165) is 18.2 Å². The van der Waals surface area contributed by atoms with E-state index in [9.17, 15) is 0 Å². The molecule has 3 heterocycles. The summed E-state index contributed by atoms with van der Waals surface area (Å²) >= 11 is 1.79. The van der Waals surface area contributed by atoms with E-state index in [0.29, 0.717) is 12.1 Å². The van der Waals surface area contributed by atoms with Crippen LogP contribution in [0.1, 0.15) is 30.1 Å². The number of fused-ring (bicyclic) bond motifs is 1. The maximum atomic E-state index is 4.47. The first-order valence-corrected chi connectivity index (χ1v) is 6.35. The zero-order chi connectivity index (χ0) is 11.1. The molecule has 16 heavy (non-hydrogen) atoms. The Morgan fingerprint density at radius 3 is 3.19 bits per heavy atom. The molecule has 0 aromatic carbocycles. The van der Waals surface area contributed by atoms with Gasteiger partial charge in [0, 0.05) is 10.9 Å². The summed E-state index contributed by atoms with van der Waals surface area (Å²) < 4.78 is 2.02. The second-order valence-corrected chi connectivity index (χ2v) is 5.22. The molecule has 0 radical (unpaired) electrons. The van der Waals surface area contributed by atoms with Crippen LogP contribution in [0.2, 0.25) is 0 Å². The van der Waals surface area contributed by atoms with Gasteiger partial charge in [-0.3, -0.25) is 0 Å². The highest BCUT2D eigenvalue weighted by atomic mass is 32.1. The minimum atomic E-state index is 0.340. The van der Waals surface area contributed by atoms with Crippen LogP contribution in [0, 0.1) is 6.92 Å². The molecule has 0 fully saturated rings. The number of anilines is 1. The number of aryl methyl sites for hydroxylation is 1. The second-order valence-electron chi connectivity index (χ2n) is 4.24. The molecule has 4 nitrogen and oxygen atoms in total. The first-order valence-electron chi connectivity index (χ1n) is 5.47. The molecule has 84 valence electrons. The topological polar surface area (TPSA) is 42.7 Å². The molecule has 1 aliphatic heterocycles. The van der Waals surface area contributed by atoms with Crippen molar-refractivity contribution in [2.75, 3.05) is 5.32 Å². The van der Waals surface area contributed by atoms with Gasteiger partial charge in [-0.2, -0.15) is 10.1 Å². The van der Waals surface area contributed by atoms with Gasteiger partial charge in [0.15, 0.2) is 0 Å². The Labute approximate surface area is 98.3 Å². The molecule has 3 rings (SSSR count). The molecular weight excluding hydrogens is 220 g/mol. The fourth-order valence-corrected chi connectivity index (χ4v) is 3.00. The minimum absolute atomic E-state index is 0.340. The standard InChI is InChI=1S/C11H14N4S/c1-7-6-9(10-4-3-5-16-10)15-11(12-7)13-8(2)14-15/h3-5,7,9H,6H2,1-2H3,(H,12,13,14)/t7-,9-/m1/s1. The lowest BCUT2D eigenvalue weighted by Crippen LogP contribution is -2.30. The normalized spacial score (nSPS) is 23.9. The van der Waals surface area contributed by atoms with Crippen LogP contribution in [0.4, 0.5) is 5.95 Å². The summed E-state index contributed by atoms with van der Waals surface area (Å²) in [5, 5.41) is 9.96. The summed E-state index contributed by atoms with van der Waals surface area (Å²) in [5.74, 6) is 1.73. The molecule has 1 N–H and O–H groups in total. The molecule has 2 aromatic rings. The second kappa shape index (κ2) is 3.59. The number of nitrogens with one attached hydrogen (secondary N) is 1. The summed E-state index contributed by atoms with van der Waals surface area (Å²) in [4.78, 5) is 5.77. The Morgan fingerprint density at radius 2 is 2.44 bits per heavy atom. The van der Waals surface area contributed by atoms with E-state index < -0.39 is 0 Å². The van der Waals surface area contributed by atoms with Crippen molar-refractivity contribution in [1.29, 1.82) is 0 Å². The van der Waals surface area contributed by atoms with E-state index in [4.69, 9.17) is 0 Å². The van der Waals surface area contributed by atoms with Gasteiger partial charge in [0.2, 0.25) is 5.95 Å². The monoisotopic (exact) mass is 234 g/mol. The van der Waals surface area contributed by atoms with Gasteiger partial charge in [0.05, 0.1) is 6.04 Å². The molecule has 0 saturated heterocycles. The van der Waals surface area contributed by atoms with Crippen molar-refractivity contribution in [3.05, 3.63) is 28.2 Å². The van der Waals surface area contributed by atoms with E-state index in [1.165, 1.54) is 4.88 Å². The van der Waals surface area contributed by atoms with Crippen molar-refractivity contribution < 1.29 is 0 Å². The van der Waals surface area contributed by atoms with E-state index in [1.54, 1.807) is 11.3 Å². The Hall–Kier alpha value is -1.36. The molecule has 2 aromatic heterocycles. The molecular formula is C11H14N4S. The summed E-state index contributed by atoms with van der Waals surface area (Å²) in [6, 6.07) is 5.06. The summed E-state index contributed by atoms with van der Waals surface area (Å²) in [6.45, 7) is 4.12. The molecule has 0 bridgehead atoms. The summed E-state index contributed by atoms with van der Waals surface area (Å²) in [5.41, 5.74) is 0. The van der Waals surface area contributed by atoms with Gasteiger partial charge < -0.3 is 5.32 Å². The Kier molecular flexibility index (Phi) is 2.21. The van der Waals surface area contributed by atoms with E-state index in [2.05, 4.69) is 39.8 Å². The lowest BCUT2D eigenvalue weighted by atomic mass is 10.1. The van der Waals surface area contributed by atoms with Crippen molar-refractivity contribution in [3.8, 4) is 0 Å². The van der Waals surface area contributed by atoms with Crippen LogP contribution in [0.3, 0.4) is 0 Å². The zero-order valence-electron chi connectivity index (χ0n) is 9.34. The first kappa shape index (κ1) is 9.84. The fourth-order valence-electron chi connectivity index (χ4n) is 2.18. The van der Waals surface area contributed by atoms with Crippen LogP contribution < -0.4 is 5.32 Å². The van der Waals surface area contributed by atoms with E-state index in [1.807, 2.05) is 11.6 Å². The number of hydrogen-bond donors (Lipinski definition) is 1. The predicted molar refractivity (Wildman–Crippen MR) is 64.9 cm³/mol. The van der Waals surface area contributed by atoms with Gasteiger partial charge in [-0.15, -0.1) is 11.3 Å².